The molecule has 7 heteroatoms. The Morgan fingerprint density at radius 2 is 2.39 bits per heavy atom. The van der Waals surface area contributed by atoms with Crippen molar-refractivity contribution in [3.05, 3.63) is 24.2 Å². The number of hydrogen-bond acceptors (Lipinski definition) is 6. The number of aromatic amines is 1. The number of nitrogens with one attached hydrogen (secondary N) is 2. The zero-order valence-electron chi connectivity index (χ0n) is 10.0. The third kappa shape index (κ3) is 2.40. The number of nitrogens with two attached hydrogens (primary N) is 2. The highest BCUT2D eigenvalue weighted by molar-refractivity contribution is 5.88. The molecular formula is C11H15N7. The predicted octanol–water partition coefficient (Wildman–Crippen LogP) is 0.843. The van der Waals surface area contributed by atoms with Crippen LogP contribution in [0.25, 0.3) is 11.0 Å². The first-order valence-corrected chi connectivity index (χ1v) is 5.54. The maximum absolute atomic E-state index is 5.82. The summed E-state index contributed by atoms with van der Waals surface area (Å²) in [6.45, 7) is 2.61. The van der Waals surface area contributed by atoms with Crippen molar-refractivity contribution < 1.29 is 0 Å². The Bertz CT molecular complexity index is 596. The molecule has 0 atom stereocenters. The lowest BCUT2D eigenvalue weighted by atomic mass is 10.4. The molecule has 6 N–H and O–H groups in total. The van der Waals surface area contributed by atoms with Crippen LogP contribution in [0.2, 0.25) is 0 Å². The number of allylic oxidation sites excluding steroid dienone is 1. The lowest BCUT2D eigenvalue weighted by molar-refractivity contribution is 1.13. The molecule has 2 heterocycles. The molecule has 0 unspecified atom stereocenters. The molecule has 18 heavy (non-hydrogen) atoms. The molecule has 2 aromatic rings. The number of nitrogens with zero attached hydrogens (tertiary/aromatic N) is 3. The Morgan fingerprint density at radius 1 is 1.56 bits per heavy atom. The van der Waals surface area contributed by atoms with Crippen LogP contribution in [-0.2, 0) is 0 Å². The standard InChI is InChI=1S/C11H15N7/c1-2-14-6-7(5-12)16-11-17-9(13)8-3-4-15-10(8)18-11/h3-6H,2,12H2,1H3,(H4,13,15,16,17,18). The summed E-state index contributed by atoms with van der Waals surface area (Å²) >= 11 is 0. The van der Waals surface area contributed by atoms with E-state index >= 15 is 0 Å². The number of H-pyrrole nitrogens is 1. The molecule has 7 nitrogen and oxygen atoms in total. The van der Waals surface area contributed by atoms with Crippen molar-refractivity contribution in [2.75, 3.05) is 17.6 Å². The fourth-order valence-electron chi connectivity index (χ4n) is 1.46. The quantitative estimate of drug-likeness (QED) is 0.595. The molecule has 0 aliphatic rings. The maximum Gasteiger partial charge on any atom is 0.231 e. The van der Waals surface area contributed by atoms with E-state index in [0.717, 1.165) is 5.39 Å². The zero-order chi connectivity index (χ0) is 13.0. The van der Waals surface area contributed by atoms with E-state index < -0.39 is 0 Å². The number of nitrogen functional groups attached to an aromatic ring is 1. The predicted molar refractivity (Wildman–Crippen MR) is 73.2 cm³/mol. The smallest absolute Gasteiger partial charge is 0.231 e. The second kappa shape index (κ2) is 5.17. The topological polar surface area (TPSA) is 118 Å². The van der Waals surface area contributed by atoms with Crippen LogP contribution < -0.4 is 16.8 Å². The van der Waals surface area contributed by atoms with Crippen molar-refractivity contribution in [3.8, 4) is 0 Å². The second-order valence-corrected chi connectivity index (χ2v) is 3.55. The lowest BCUT2D eigenvalue weighted by Gasteiger charge is -2.05. The van der Waals surface area contributed by atoms with E-state index in [4.69, 9.17) is 11.5 Å². The molecule has 0 radical (unpaired) electrons. The van der Waals surface area contributed by atoms with Crippen LogP contribution in [0.5, 0.6) is 0 Å². The van der Waals surface area contributed by atoms with Crippen molar-refractivity contribution in [2.45, 2.75) is 6.92 Å². The van der Waals surface area contributed by atoms with Gasteiger partial charge in [-0.2, -0.15) is 9.97 Å². The minimum atomic E-state index is 0.377. The third-order valence-corrected chi connectivity index (χ3v) is 2.29. The van der Waals surface area contributed by atoms with Crippen molar-refractivity contribution in [2.24, 2.45) is 10.7 Å². The molecule has 2 rings (SSSR count). The third-order valence-electron chi connectivity index (χ3n) is 2.29. The van der Waals surface area contributed by atoms with Crippen LogP contribution in [0.4, 0.5) is 11.8 Å². The van der Waals surface area contributed by atoms with Crippen molar-refractivity contribution in [1.29, 1.82) is 0 Å². The number of rotatable bonds is 4. The van der Waals surface area contributed by atoms with Gasteiger partial charge in [-0.3, -0.25) is 4.99 Å². The first-order chi connectivity index (χ1) is 8.74. The molecule has 0 aliphatic heterocycles. The van der Waals surface area contributed by atoms with Gasteiger partial charge >= 0.3 is 0 Å². The average Bonchev–Trinajstić information content (AvgIpc) is 2.83. The van der Waals surface area contributed by atoms with E-state index in [1.807, 2.05) is 13.0 Å². The summed E-state index contributed by atoms with van der Waals surface area (Å²) in [6, 6.07) is 1.83. The van der Waals surface area contributed by atoms with E-state index in [2.05, 4.69) is 25.3 Å². The summed E-state index contributed by atoms with van der Waals surface area (Å²) < 4.78 is 0. The number of fused-ring (bicyclic) bond motifs is 1. The summed E-state index contributed by atoms with van der Waals surface area (Å²) in [5, 5.41) is 3.74. The number of aliphatic imine (C=N–C) groups is 1. The Hall–Kier alpha value is -2.57. The molecule has 0 amide bonds. The highest BCUT2D eigenvalue weighted by Gasteiger charge is 2.06. The van der Waals surface area contributed by atoms with Gasteiger partial charge in [0, 0.05) is 25.2 Å². The Balaban J connectivity index is 2.28. The molecule has 0 fully saturated rings. The molecule has 0 aliphatic carbocycles. The van der Waals surface area contributed by atoms with Crippen molar-refractivity contribution >= 4 is 29.0 Å². The van der Waals surface area contributed by atoms with Gasteiger partial charge in [0.05, 0.1) is 11.1 Å². The van der Waals surface area contributed by atoms with Crippen LogP contribution in [0.3, 0.4) is 0 Å². The van der Waals surface area contributed by atoms with Gasteiger partial charge in [-0.1, -0.05) is 0 Å². The van der Waals surface area contributed by atoms with E-state index in [-0.39, 0.29) is 0 Å². The monoisotopic (exact) mass is 245 g/mol. The first-order valence-electron chi connectivity index (χ1n) is 5.54. The number of anilines is 2. The van der Waals surface area contributed by atoms with Gasteiger partial charge in [-0.25, -0.2) is 0 Å². The fourth-order valence-corrected chi connectivity index (χ4v) is 1.46. The molecule has 0 saturated heterocycles. The molecule has 0 bridgehead atoms. The van der Waals surface area contributed by atoms with Crippen molar-refractivity contribution in [1.82, 2.24) is 15.0 Å². The maximum atomic E-state index is 5.82. The SMILES string of the molecule is CCN=CC(=CN)Nc1nc(N)c2cc[nH]c2n1. The molecule has 0 saturated carbocycles. The zero-order valence-corrected chi connectivity index (χ0v) is 10.0. The fraction of sp³-hybridized carbons (Fsp3) is 0.182. The van der Waals surface area contributed by atoms with Gasteiger partial charge in [0.1, 0.15) is 11.5 Å². The molecule has 94 valence electrons. The second-order valence-electron chi connectivity index (χ2n) is 3.55. The van der Waals surface area contributed by atoms with E-state index in [1.165, 1.54) is 6.20 Å². The summed E-state index contributed by atoms with van der Waals surface area (Å²) in [5.74, 6) is 0.786. The number of hydrogen-bond donors (Lipinski definition) is 4. The normalized spacial score (nSPS) is 12.4. The Kier molecular flexibility index (Phi) is 3.42. The summed E-state index contributed by atoms with van der Waals surface area (Å²) in [6.07, 6.45) is 4.79. The Morgan fingerprint density at radius 3 is 3.11 bits per heavy atom. The molecule has 2 aromatic heterocycles. The van der Waals surface area contributed by atoms with Crippen LogP contribution in [0.15, 0.2) is 29.2 Å². The van der Waals surface area contributed by atoms with Gasteiger partial charge in [-0.15, -0.1) is 0 Å². The summed E-state index contributed by atoms with van der Waals surface area (Å²) in [4.78, 5) is 15.5. The van der Waals surface area contributed by atoms with E-state index in [1.54, 1.807) is 12.4 Å². The van der Waals surface area contributed by atoms with E-state index in [0.29, 0.717) is 29.7 Å². The Labute approximate surface area is 104 Å². The van der Waals surface area contributed by atoms with Crippen LogP contribution in [-0.4, -0.2) is 27.7 Å². The van der Waals surface area contributed by atoms with Gasteiger partial charge in [0.25, 0.3) is 0 Å². The van der Waals surface area contributed by atoms with Crippen molar-refractivity contribution in [3.63, 3.8) is 0 Å². The minimum absolute atomic E-state index is 0.377. The van der Waals surface area contributed by atoms with E-state index in [9.17, 15) is 0 Å². The first kappa shape index (κ1) is 11.9. The van der Waals surface area contributed by atoms with Gasteiger partial charge in [0.2, 0.25) is 5.95 Å². The minimum Gasteiger partial charge on any atom is -0.403 e. The highest BCUT2D eigenvalue weighted by atomic mass is 15.1. The number of aromatic nitrogens is 3. The lowest BCUT2D eigenvalue weighted by Crippen LogP contribution is -2.08. The molecule has 0 aromatic carbocycles. The summed E-state index contributed by atoms with van der Waals surface area (Å²) in [7, 11) is 0. The summed E-state index contributed by atoms with van der Waals surface area (Å²) in [5.41, 5.74) is 12.6. The largest absolute Gasteiger partial charge is 0.403 e. The van der Waals surface area contributed by atoms with Crippen LogP contribution >= 0.6 is 0 Å². The highest BCUT2D eigenvalue weighted by Crippen LogP contribution is 2.18. The average molecular weight is 245 g/mol. The van der Waals surface area contributed by atoms with Gasteiger partial charge in [0.15, 0.2) is 0 Å². The van der Waals surface area contributed by atoms with Gasteiger partial charge < -0.3 is 21.8 Å². The van der Waals surface area contributed by atoms with Crippen LogP contribution in [0.1, 0.15) is 6.92 Å². The van der Waals surface area contributed by atoms with Crippen LogP contribution in [0, 0.1) is 0 Å². The van der Waals surface area contributed by atoms with Gasteiger partial charge in [-0.05, 0) is 13.0 Å². The molecule has 0 spiro atoms. The molecular weight excluding hydrogens is 230 g/mol.